The molecule has 0 unspecified atom stereocenters. The Morgan fingerprint density at radius 1 is 1.35 bits per heavy atom. The number of unbranched alkanes of at least 4 members (excludes halogenated alkanes) is 2. The van der Waals surface area contributed by atoms with Crippen LogP contribution in [0.2, 0.25) is 0 Å². The molecule has 1 aromatic heterocycles. The van der Waals surface area contributed by atoms with Crippen LogP contribution in [0.25, 0.3) is 0 Å². The zero-order chi connectivity index (χ0) is 14.4. The van der Waals surface area contributed by atoms with E-state index in [0.717, 1.165) is 32.1 Å². The van der Waals surface area contributed by atoms with Gasteiger partial charge in [0.25, 0.3) is 0 Å². The molecule has 2 heterocycles. The molecular weight excluding hydrogens is 274 g/mol. The molecule has 1 atom stereocenters. The van der Waals surface area contributed by atoms with Crippen molar-refractivity contribution in [2.75, 3.05) is 6.54 Å². The summed E-state index contributed by atoms with van der Waals surface area (Å²) in [7, 11) is 0. The van der Waals surface area contributed by atoms with Crippen LogP contribution < -0.4 is 0 Å². The minimum Gasteiger partial charge on any atom is -0.480 e. The molecular formula is C15H21NO3S. The first-order valence-corrected chi connectivity index (χ1v) is 8.11. The number of nitrogens with zero attached hydrogens (tertiary/aromatic N) is 1. The maximum atomic E-state index is 12.0. The van der Waals surface area contributed by atoms with E-state index in [1.807, 2.05) is 0 Å². The van der Waals surface area contributed by atoms with E-state index < -0.39 is 12.0 Å². The molecule has 1 amide bonds. The van der Waals surface area contributed by atoms with Crippen LogP contribution in [0.4, 0.5) is 0 Å². The Morgan fingerprint density at radius 2 is 2.20 bits per heavy atom. The zero-order valence-electron chi connectivity index (χ0n) is 11.6. The van der Waals surface area contributed by atoms with Crippen molar-refractivity contribution >= 4 is 23.2 Å². The van der Waals surface area contributed by atoms with E-state index in [0.29, 0.717) is 19.4 Å². The van der Waals surface area contributed by atoms with Crippen LogP contribution in [0.15, 0.2) is 17.5 Å². The van der Waals surface area contributed by atoms with Crippen LogP contribution in [0, 0.1) is 0 Å². The Hall–Kier alpha value is -1.36. The normalized spacial score (nSPS) is 18.4. The molecule has 0 bridgehead atoms. The first kappa shape index (κ1) is 15.0. The van der Waals surface area contributed by atoms with Crippen LogP contribution >= 0.6 is 11.3 Å². The number of likely N-dealkylation sites (tertiary alicyclic amines) is 1. The standard InChI is InChI=1S/C15H21NO3S/c17-14(16-10-4-8-13(16)15(18)19)9-3-1-2-6-12-7-5-11-20-12/h5,7,11,13H,1-4,6,8-10H2,(H,18,19)/t13-/m1/s1. The number of rotatable bonds is 7. The quantitative estimate of drug-likeness (QED) is 0.787. The third-order valence-electron chi connectivity index (χ3n) is 3.75. The second-order valence-electron chi connectivity index (χ2n) is 5.22. The van der Waals surface area contributed by atoms with Gasteiger partial charge in [-0.2, -0.15) is 0 Å². The maximum Gasteiger partial charge on any atom is 0.326 e. The molecule has 1 aliphatic rings. The summed E-state index contributed by atoms with van der Waals surface area (Å²) in [4.78, 5) is 26.0. The van der Waals surface area contributed by atoms with Gasteiger partial charge in [0.2, 0.25) is 5.91 Å². The van der Waals surface area contributed by atoms with Gasteiger partial charge in [-0.1, -0.05) is 12.5 Å². The Balaban J connectivity index is 1.63. The lowest BCUT2D eigenvalue weighted by Crippen LogP contribution is -2.40. The summed E-state index contributed by atoms with van der Waals surface area (Å²) in [6, 6.07) is 3.61. The van der Waals surface area contributed by atoms with Crippen LogP contribution in [0.3, 0.4) is 0 Å². The molecule has 1 fully saturated rings. The van der Waals surface area contributed by atoms with Crippen molar-refractivity contribution in [2.24, 2.45) is 0 Å². The molecule has 4 nitrogen and oxygen atoms in total. The van der Waals surface area contributed by atoms with Gasteiger partial charge in [0.1, 0.15) is 6.04 Å². The number of amides is 1. The molecule has 0 radical (unpaired) electrons. The minimum absolute atomic E-state index is 0.00558. The first-order valence-electron chi connectivity index (χ1n) is 7.23. The number of hydrogen-bond acceptors (Lipinski definition) is 3. The lowest BCUT2D eigenvalue weighted by Gasteiger charge is -2.21. The molecule has 1 aromatic rings. The van der Waals surface area contributed by atoms with Crippen molar-refractivity contribution in [1.82, 2.24) is 4.90 Å². The number of aliphatic carboxylic acids is 1. The summed E-state index contributed by atoms with van der Waals surface area (Å²) < 4.78 is 0. The molecule has 2 rings (SSSR count). The molecule has 0 spiro atoms. The molecule has 1 aliphatic heterocycles. The van der Waals surface area contributed by atoms with Crippen molar-refractivity contribution in [2.45, 2.75) is 51.0 Å². The number of carbonyl (C=O) groups is 2. The minimum atomic E-state index is -0.867. The molecule has 0 aromatic carbocycles. The van der Waals surface area contributed by atoms with Crippen LogP contribution in [-0.2, 0) is 16.0 Å². The Kier molecular flexibility index (Phi) is 5.59. The van der Waals surface area contributed by atoms with E-state index in [2.05, 4.69) is 17.5 Å². The molecule has 0 saturated carbocycles. The van der Waals surface area contributed by atoms with Crippen LogP contribution in [0.5, 0.6) is 0 Å². The van der Waals surface area contributed by atoms with Gasteiger partial charge in [-0.3, -0.25) is 4.79 Å². The number of aryl methyl sites for hydroxylation is 1. The van der Waals surface area contributed by atoms with Gasteiger partial charge in [0, 0.05) is 17.8 Å². The average molecular weight is 295 g/mol. The van der Waals surface area contributed by atoms with Gasteiger partial charge >= 0.3 is 5.97 Å². The fraction of sp³-hybridized carbons (Fsp3) is 0.600. The predicted molar refractivity (Wildman–Crippen MR) is 78.9 cm³/mol. The van der Waals surface area contributed by atoms with Crippen LogP contribution in [0.1, 0.15) is 43.4 Å². The SMILES string of the molecule is O=C(O)[C@H]1CCCN1C(=O)CCCCCc1cccs1. The number of thiophene rings is 1. The van der Waals surface area contributed by atoms with Gasteiger partial charge in [-0.25, -0.2) is 4.79 Å². The monoisotopic (exact) mass is 295 g/mol. The maximum absolute atomic E-state index is 12.0. The highest BCUT2D eigenvalue weighted by Gasteiger charge is 2.33. The highest BCUT2D eigenvalue weighted by molar-refractivity contribution is 7.09. The van der Waals surface area contributed by atoms with Gasteiger partial charge < -0.3 is 10.0 Å². The summed E-state index contributed by atoms with van der Waals surface area (Å²) in [5.74, 6) is -0.862. The lowest BCUT2D eigenvalue weighted by molar-refractivity contribution is -0.148. The topological polar surface area (TPSA) is 57.6 Å². The average Bonchev–Trinajstić information content (AvgIpc) is 3.09. The van der Waals surface area contributed by atoms with Gasteiger partial charge in [0.15, 0.2) is 0 Å². The van der Waals surface area contributed by atoms with E-state index >= 15 is 0 Å². The molecule has 5 heteroatoms. The van der Waals surface area contributed by atoms with Gasteiger partial charge in [-0.05, 0) is 43.6 Å². The summed E-state index contributed by atoms with van der Waals surface area (Å²) in [6.07, 6.45) is 5.93. The van der Waals surface area contributed by atoms with E-state index in [4.69, 9.17) is 5.11 Å². The highest BCUT2D eigenvalue weighted by atomic mass is 32.1. The molecule has 110 valence electrons. The van der Waals surface area contributed by atoms with E-state index in [-0.39, 0.29) is 5.91 Å². The lowest BCUT2D eigenvalue weighted by atomic mass is 10.1. The number of hydrogen-bond donors (Lipinski definition) is 1. The second kappa shape index (κ2) is 7.43. The molecule has 1 N–H and O–H groups in total. The van der Waals surface area contributed by atoms with E-state index in [9.17, 15) is 9.59 Å². The Morgan fingerprint density at radius 3 is 2.90 bits per heavy atom. The number of carboxylic acids is 1. The Labute approximate surface area is 123 Å². The van der Waals surface area contributed by atoms with Crippen molar-refractivity contribution in [3.63, 3.8) is 0 Å². The molecule has 20 heavy (non-hydrogen) atoms. The summed E-state index contributed by atoms with van der Waals surface area (Å²) >= 11 is 1.77. The smallest absolute Gasteiger partial charge is 0.326 e. The van der Waals surface area contributed by atoms with Crippen molar-refractivity contribution in [3.8, 4) is 0 Å². The highest BCUT2D eigenvalue weighted by Crippen LogP contribution is 2.19. The van der Waals surface area contributed by atoms with Crippen molar-refractivity contribution < 1.29 is 14.7 Å². The Bertz CT molecular complexity index is 444. The molecule has 0 aliphatic carbocycles. The number of carboxylic acid groups (broad SMARTS) is 1. The third kappa shape index (κ3) is 4.07. The van der Waals surface area contributed by atoms with Gasteiger partial charge in [-0.15, -0.1) is 11.3 Å². The first-order chi connectivity index (χ1) is 9.68. The largest absolute Gasteiger partial charge is 0.480 e. The third-order valence-corrected chi connectivity index (χ3v) is 4.69. The number of carbonyl (C=O) groups excluding carboxylic acids is 1. The molecule has 1 saturated heterocycles. The summed E-state index contributed by atoms with van der Waals surface area (Å²) in [6.45, 7) is 0.602. The van der Waals surface area contributed by atoms with E-state index in [1.165, 1.54) is 4.88 Å². The van der Waals surface area contributed by atoms with Gasteiger partial charge in [0.05, 0.1) is 0 Å². The zero-order valence-corrected chi connectivity index (χ0v) is 12.4. The van der Waals surface area contributed by atoms with Crippen molar-refractivity contribution in [3.05, 3.63) is 22.4 Å². The predicted octanol–water partition coefficient (Wildman–Crippen LogP) is 2.93. The van der Waals surface area contributed by atoms with Crippen molar-refractivity contribution in [1.29, 1.82) is 0 Å². The summed E-state index contributed by atoms with van der Waals surface area (Å²) in [5.41, 5.74) is 0. The fourth-order valence-corrected chi connectivity index (χ4v) is 3.42. The van der Waals surface area contributed by atoms with Crippen LogP contribution in [-0.4, -0.2) is 34.5 Å². The summed E-state index contributed by atoms with van der Waals surface area (Å²) in [5, 5.41) is 11.1. The van der Waals surface area contributed by atoms with E-state index in [1.54, 1.807) is 16.2 Å². The fourth-order valence-electron chi connectivity index (χ4n) is 2.67. The second-order valence-corrected chi connectivity index (χ2v) is 6.26.